The van der Waals surface area contributed by atoms with Crippen LogP contribution < -0.4 is 10.6 Å². The SMILES string of the molecule is CC(=O)Nc1ccc(NCC2CN(C)CCO2)cc1. The summed E-state index contributed by atoms with van der Waals surface area (Å²) in [6.45, 7) is 5.05. The molecule has 0 aromatic heterocycles. The van der Waals surface area contributed by atoms with E-state index < -0.39 is 0 Å². The summed E-state index contributed by atoms with van der Waals surface area (Å²) in [5.41, 5.74) is 1.85. The summed E-state index contributed by atoms with van der Waals surface area (Å²) in [4.78, 5) is 13.2. The number of nitrogens with zero attached hydrogens (tertiary/aromatic N) is 1. The number of nitrogens with one attached hydrogen (secondary N) is 2. The third kappa shape index (κ3) is 4.54. The maximum Gasteiger partial charge on any atom is 0.221 e. The van der Waals surface area contributed by atoms with Gasteiger partial charge in [0.25, 0.3) is 0 Å². The quantitative estimate of drug-likeness (QED) is 0.862. The van der Waals surface area contributed by atoms with E-state index in [1.165, 1.54) is 6.92 Å². The molecule has 5 heteroatoms. The molecule has 1 unspecified atom stereocenters. The van der Waals surface area contributed by atoms with Gasteiger partial charge < -0.3 is 20.3 Å². The van der Waals surface area contributed by atoms with E-state index in [2.05, 4.69) is 22.6 Å². The van der Waals surface area contributed by atoms with Gasteiger partial charge in [0.15, 0.2) is 0 Å². The fourth-order valence-corrected chi connectivity index (χ4v) is 2.10. The van der Waals surface area contributed by atoms with E-state index in [9.17, 15) is 4.79 Å². The van der Waals surface area contributed by atoms with E-state index in [0.29, 0.717) is 0 Å². The Morgan fingerprint density at radius 2 is 2.05 bits per heavy atom. The zero-order valence-corrected chi connectivity index (χ0v) is 11.5. The van der Waals surface area contributed by atoms with Crippen molar-refractivity contribution in [1.82, 2.24) is 4.90 Å². The summed E-state index contributed by atoms with van der Waals surface area (Å²) in [6, 6.07) is 7.69. The summed E-state index contributed by atoms with van der Waals surface area (Å²) in [7, 11) is 2.11. The summed E-state index contributed by atoms with van der Waals surface area (Å²) < 4.78 is 5.69. The molecule has 1 amide bonds. The molecule has 0 bridgehead atoms. The van der Waals surface area contributed by atoms with Crippen LogP contribution in [0.5, 0.6) is 0 Å². The highest BCUT2D eigenvalue weighted by molar-refractivity contribution is 5.88. The molecule has 0 saturated carbocycles. The standard InChI is InChI=1S/C14H21N3O2/c1-11(18)16-13-5-3-12(4-6-13)15-9-14-10-17(2)7-8-19-14/h3-6,14-15H,7-10H2,1-2H3,(H,16,18). The van der Waals surface area contributed by atoms with Crippen molar-refractivity contribution in [1.29, 1.82) is 0 Å². The van der Waals surface area contributed by atoms with Crippen molar-refractivity contribution < 1.29 is 9.53 Å². The molecule has 1 aliphatic rings. The maximum absolute atomic E-state index is 10.9. The highest BCUT2D eigenvalue weighted by Gasteiger charge is 2.16. The molecule has 1 fully saturated rings. The molecular formula is C14H21N3O2. The molecule has 0 aliphatic carbocycles. The molecule has 0 radical (unpaired) electrons. The monoisotopic (exact) mass is 263 g/mol. The molecule has 1 aromatic carbocycles. The lowest BCUT2D eigenvalue weighted by Crippen LogP contribution is -2.43. The topological polar surface area (TPSA) is 53.6 Å². The molecule has 104 valence electrons. The van der Waals surface area contributed by atoms with Crippen LogP contribution in [0.4, 0.5) is 11.4 Å². The number of morpholine rings is 1. The molecular weight excluding hydrogens is 242 g/mol. The van der Waals surface area contributed by atoms with Crippen molar-refractivity contribution in [2.45, 2.75) is 13.0 Å². The van der Waals surface area contributed by atoms with E-state index in [1.54, 1.807) is 0 Å². The number of benzene rings is 1. The third-order valence-electron chi connectivity index (χ3n) is 3.08. The lowest BCUT2D eigenvalue weighted by Gasteiger charge is -2.30. The van der Waals surface area contributed by atoms with Crippen LogP contribution in [0, 0.1) is 0 Å². The van der Waals surface area contributed by atoms with E-state index in [-0.39, 0.29) is 12.0 Å². The minimum atomic E-state index is -0.0562. The highest BCUT2D eigenvalue weighted by atomic mass is 16.5. The Hall–Kier alpha value is -1.59. The minimum Gasteiger partial charge on any atom is -0.382 e. The fourth-order valence-electron chi connectivity index (χ4n) is 2.10. The molecule has 0 spiro atoms. The average Bonchev–Trinajstić information content (AvgIpc) is 2.37. The number of carbonyl (C=O) groups is 1. The largest absolute Gasteiger partial charge is 0.382 e. The molecule has 2 N–H and O–H groups in total. The molecule has 19 heavy (non-hydrogen) atoms. The second-order valence-corrected chi connectivity index (χ2v) is 4.89. The van der Waals surface area contributed by atoms with Crippen LogP contribution in [-0.2, 0) is 9.53 Å². The Balaban J connectivity index is 1.81. The molecule has 1 aliphatic heterocycles. The predicted molar refractivity (Wildman–Crippen MR) is 76.5 cm³/mol. The second-order valence-electron chi connectivity index (χ2n) is 4.89. The fraction of sp³-hybridized carbons (Fsp3) is 0.500. The van der Waals surface area contributed by atoms with Crippen LogP contribution in [0.2, 0.25) is 0 Å². The van der Waals surface area contributed by atoms with Crippen molar-refractivity contribution in [2.75, 3.05) is 43.9 Å². The van der Waals surface area contributed by atoms with Crippen molar-refractivity contribution >= 4 is 17.3 Å². The van der Waals surface area contributed by atoms with Gasteiger partial charge in [-0.2, -0.15) is 0 Å². The third-order valence-corrected chi connectivity index (χ3v) is 3.08. The van der Waals surface area contributed by atoms with Crippen LogP contribution >= 0.6 is 0 Å². The molecule has 1 atom stereocenters. The van der Waals surface area contributed by atoms with Gasteiger partial charge in [-0.05, 0) is 31.3 Å². The van der Waals surface area contributed by atoms with E-state index in [4.69, 9.17) is 4.74 Å². The van der Waals surface area contributed by atoms with Crippen LogP contribution in [0.3, 0.4) is 0 Å². The zero-order chi connectivity index (χ0) is 13.7. The van der Waals surface area contributed by atoms with Crippen molar-refractivity contribution in [3.8, 4) is 0 Å². The number of carbonyl (C=O) groups excluding carboxylic acids is 1. The van der Waals surface area contributed by atoms with Gasteiger partial charge in [-0.3, -0.25) is 4.79 Å². The van der Waals surface area contributed by atoms with Crippen molar-refractivity contribution in [2.24, 2.45) is 0 Å². The Bertz CT molecular complexity index is 419. The summed E-state index contributed by atoms with van der Waals surface area (Å²) in [5, 5.41) is 6.10. The van der Waals surface area contributed by atoms with Crippen LogP contribution in [-0.4, -0.2) is 50.2 Å². The van der Waals surface area contributed by atoms with Gasteiger partial charge in [0.05, 0.1) is 12.7 Å². The Morgan fingerprint density at radius 1 is 1.37 bits per heavy atom. The normalized spacial score (nSPS) is 20.0. The van der Waals surface area contributed by atoms with Gasteiger partial charge in [0.1, 0.15) is 0 Å². The number of hydrogen-bond acceptors (Lipinski definition) is 4. The number of ether oxygens (including phenoxy) is 1. The smallest absolute Gasteiger partial charge is 0.221 e. The minimum absolute atomic E-state index is 0.0562. The number of anilines is 2. The Morgan fingerprint density at radius 3 is 2.68 bits per heavy atom. The number of hydrogen-bond donors (Lipinski definition) is 2. The Kier molecular flexibility index (Phi) is 4.76. The van der Waals surface area contributed by atoms with Gasteiger partial charge in [0, 0.05) is 37.9 Å². The number of likely N-dealkylation sites (N-methyl/N-ethyl adjacent to an activating group) is 1. The number of rotatable bonds is 4. The molecule has 5 nitrogen and oxygen atoms in total. The molecule has 2 rings (SSSR count). The van der Waals surface area contributed by atoms with Crippen LogP contribution in [0.25, 0.3) is 0 Å². The van der Waals surface area contributed by atoms with E-state index in [1.807, 2.05) is 24.3 Å². The van der Waals surface area contributed by atoms with Gasteiger partial charge in [-0.1, -0.05) is 0 Å². The van der Waals surface area contributed by atoms with Crippen molar-refractivity contribution in [3.05, 3.63) is 24.3 Å². The van der Waals surface area contributed by atoms with E-state index >= 15 is 0 Å². The first-order valence-electron chi connectivity index (χ1n) is 6.55. The maximum atomic E-state index is 10.9. The highest BCUT2D eigenvalue weighted by Crippen LogP contribution is 2.14. The van der Waals surface area contributed by atoms with Gasteiger partial charge in [-0.15, -0.1) is 0 Å². The van der Waals surface area contributed by atoms with Gasteiger partial charge in [0.2, 0.25) is 5.91 Å². The first-order valence-corrected chi connectivity index (χ1v) is 6.55. The molecule has 1 aromatic rings. The van der Waals surface area contributed by atoms with E-state index in [0.717, 1.165) is 37.6 Å². The average molecular weight is 263 g/mol. The first-order chi connectivity index (χ1) is 9.13. The predicted octanol–water partition coefficient (Wildman–Crippen LogP) is 1.39. The van der Waals surface area contributed by atoms with Crippen LogP contribution in [0.1, 0.15) is 6.92 Å². The molecule has 1 saturated heterocycles. The summed E-state index contributed by atoms with van der Waals surface area (Å²) in [5.74, 6) is -0.0562. The Labute approximate surface area is 113 Å². The van der Waals surface area contributed by atoms with Gasteiger partial charge >= 0.3 is 0 Å². The lowest BCUT2D eigenvalue weighted by atomic mass is 10.2. The van der Waals surface area contributed by atoms with Crippen LogP contribution in [0.15, 0.2) is 24.3 Å². The summed E-state index contributed by atoms with van der Waals surface area (Å²) >= 11 is 0. The van der Waals surface area contributed by atoms with Crippen molar-refractivity contribution in [3.63, 3.8) is 0 Å². The zero-order valence-electron chi connectivity index (χ0n) is 11.5. The first kappa shape index (κ1) is 13.8. The lowest BCUT2D eigenvalue weighted by molar-refractivity contribution is -0.114. The number of amides is 1. The summed E-state index contributed by atoms with van der Waals surface area (Å²) in [6.07, 6.45) is 0.230. The molecule has 1 heterocycles. The van der Waals surface area contributed by atoms with Gasteiger partial charge in [-0.25, -0.2) is 0 Å². The second kappa shape index (κ2) is 6.54.